The predicted molar refractivity (Wildman–Crippen MR) is 141 cm³/mol. The Balaban J connectivity index is 0.00000289. The maximum absolute atomic E-state index is 7.84. The molecule has 168 valence electrons. The standard InChI is InChI=1S/C28H34Cl2Si.Ti/c1-17-19-13-9-11-15-21(19)27(29,23(17)25(3,4)5)31-28(30)22-16-12-10-14-20(22)18(2)24(28)26(6,7)8;/h9-16H,31H2,1-8H3;. The first-order chi connectivity index (χ1) is 14.2. The van der Waals surface area contributed by atoms with E-state index in [4.69, 9.17) is 23.2 Å². The fraction of sp³-hybridized carbons (Fsp3) is 0.429. The third-order valence-electron chi connectivity index (χ3n) is 7.05. The van der Waals surface area contributed by atoms with Crippen molar-refractivity contribution in [1.82, 2.24) is 0 Å². The van der Waals surface area contributed by atoms with E-state index in [1.165, 1.54) is 44.5 Å². The van der Waals surface area contributed by atoms with Gasteiger partial charge in [-0.25, -0.2) is 0 Å². The van der Waals surface area contributed by atoms with Gasteiger partial charge in [0.05, 0.1) is 18.5 Å². The fourth-order valence-corrected chi connectivity index (χ4v) is 12.7. The molecule has 0 saturated heterocycles. The molecule has 0 heterocycles. The van der Waals surface area contributed by atoms with Gasteiger partial charge in [0, 0.05) is 21.7 Å². The largest absolute Gasteiger partial charge is 0.114 e. The van der Waals surface area contributed by atoms with Crippen LogP contribution >= 0.6 is 23.2 Å². The van der Waals surface area contributed by atoms with Gasteiger partial charge in [0.1, 0.15) is 0 Å². The molecule has 4 heteroatoms. The minimum Gasteiger partial charge on any atom is -0.114 e. The Hall–Kier alpha value is -0.569. The Kier molecular flexibility index (Phi) is 6.74. The Morgan fingerprint density at radius 1 is 0.625 bits per heavy atom. The van der Waals surface area contributed by atoms with E-state index in [0.717, 1.165) is 0 Å². The Bertz CT molecular complexity index is 1040. The average molecular weight is 517 g/mol. The van der Waals surface area contributed by atoms with Crippen molar-refractivity contribution < 1.29 is 21.7 Å². The third-order valence-corrected chi connectivity index (χ3v) is 11.1. The van der Waals surface area contributed by atoms with E-state index in [2.05, 4.69) is 104 Å². The number of halogens is 2. The van der Waals surface area contributed by atoms with Crippen molar-refractivity contribution >= 4 is 43.9 Å². The average Bonchev–Trinajstić information content (AvgIpc) is 3.01. The molecule has 2 aromatic carbocycles. The predicted octanol–water partition coefficient (Wildman–Crippen LogP) is 8.00. The van der Waals surface area contributed by atoms with Gasteiger partial charge in [-0.1, -0.05) is 90.1 Å². The van der Waals surface area contributed by atoms with Crippen molar-refractivity contribution in [2.45, 2.75) is 64.4 Å². The molecule has 2 aromatic rings. The van der Waals surface area contributed by atoms with Crippen LogP contribution in [0.1, 0.15) is 77.6 Å². The second-order valence-corrected chi connectivity index (χ2v) is 16.0. The summed E-state index contributed by atoms with van der Waals surface area (Å²) in [4.78, 5) is 0. The zero-order valence-electron chi connectivity index (χ0n) is 20.6. The van der Waals surface area contributed by atoms with E-state index in [1.54, 1.807) is 0 Å². The molecule has 2 atom stereocenters. The van der Waals surface area contributed by atoms with E-state index in [0.29, 0.717) is 0 Å². The van der Waals surface area contributed by atoms with Gasteiger partial charge in [-0.2, -0.15) is 0 Å². The summed E-state index contributed by atoms with van der Waals surface area (Å²) >= 11 is 15.7. The summed E-state index contributed by atoms with van der Waals surface area (Å²) < 4.78 is -1.04. The Morgan fingerprint density at radius 3 is 1.25 bits per heavy atom. The molecule has 2 unspecified atom stereocenters. The molecule has 2 aliphatic carbocycles. The Morgan fingerprint density at radius 2 is 0.938 bits per heavy atom. The quantitative estimate of drug-likeness (QED) is 0.280. The molecule has 0 aliphatic heterocycles. The zero-order chi connectivity index (χ0) is 23.0. The minimum atomic E-state index is -1.15. The van der Waals surface area contributed by atoms with Gasteiger partial charge in [-0.05, 0) is 69.2 Å². The summed E-state index contributed by atoms with van der Waals surface area (Å²) in [5.41, 5.74) is 10.4. The number of allylic oxidation sites excluding steroid dienone is 4. The van der Waals surface area contributed by atoms with E-state index < -0.39 is 18.5 Å². The van der Waals surface area contributed by atoms with Crippen molar-refractivity contribution in [3.63, 3.8) is 0 Å². The molecule has 0 spiro atoms. The molecule has 0 radical (unpaired) electrons. The molecule has 2 aliphatic rings. The summed E-state index contributed by atoms with van der Waals surface area (Å²) in [6.45, 7) is 18.2. The van der Waals surface area contributed by atoms with Crippen LogP contribution in [0.3, 0.4) is 0 Å². The number of hydrogen-bond donors (Lipinski definition) is 0. The maximum atomic E-state index is 7.84. The SMILES string of the molecule is CC1=C(C(C)(C)C)C(Cl)([SiH2]C2(Cl)C(C(C)(C)C)=C(C)c3ccccc32)c2ccccc21.[Ti]. The van der Waals surface area contributed by atoms with Crippen molar-refractivity contribution in [3.05, 3.63) is 81.9 Å². The maximum Gasteiger partial charge on any atom is 0.0924 e. The van der Waals surface area contributed by atoms with Crippen LogP contribution in [-0.2, 0) is 30.7 Å². The molecule has 32 heavy (non-hydrogen) atoms. The first-order valence-corrected chi connectivity index (χ1v) is 13.4. The molecule has 0 bridgehead atoms. The van der Waals surface area contributed by atoms with E-state index in [9.17, 15) is 0 Å². The van der Waals surface area contributed by atoms with Gasteiger partial charge in [-0.15, -0.1) is 23.2 Å². The molecule has 4 rings (SSSR count). The number of hydrogen-bond acceptors (Lipinski definition) is 0. The normalized spacial score (nSPS) is 25.4. The van der Waals surface area contributed by atoms with Crippen LogP contribution < -0.4 is 0 Å². The van der Waals surface area contributed by atoms with Crippen molar-refractivity contribution in [3.8, 4) is 0 Å². The van der Waals surface area contributed by atoms with Crippen LogP contribution in [0.25, 0.3) is 11.1 Å². The number of benzene rings is 2. The second kappa shape index (κ2) is 8.28. The van der Waals surface area contributed by atoms with Crippen molar-refractivity contribution in [2.75, 3.05) is 0 Å². The molecule has 0 amide bonds. The van der Waals surface area contributed by atoms with Crippen LogP contribution in [0.5, 0.6) is 0 Å². The fourth-order valence-electron chi connectivity index (χ4n) is 6.46. The van der Waals surface area contributed by atoms with Crippen LogP contribution in [0.4, 0.5) is 0 Å². The smallest absolute Gasteiger partial charge is 0.0924 e. The third kappa shape index (κ3) is 3.77. The molecule has 0 N–H and O–H groups in total. The summed E-state index contributed by atoms with van der Waals surface area (Å²) in [7, 11) is -1.15. The van der Waals surface area contributed by atoms with Crippen molar-refractivity contribution in [2.24, 2.45) is 10.8 Å². The number of fused-ring (bicyclic) bond motifs is 2. The van der Waals surface area contributed by atoms with E-state index in [-0.39, 0.29) is 32.5 Å². The van der Waals surface area contributed by atoms with E-state index in [1.807, 2.05) is 0 Å². The van der Waals surface area contributed by atoms with Gasteiger partial charge in [0.15, 0.2) is 0 Å². The molecule has 0 saturated carbocycles. The van der Waals surface area contributed by atoms with Gasteiger partial charge >= 0.3 is 0 Å². The van der Waals surface area contributed by atoms with Crippen LogP contribution in [0, 0.1) is 10.8 Å². The van der Waals surface area contributed by atoms with Gasteiger partial charge < -0.3 is 0 Å². The molecular weight excluding hydrogens is 483 g/mol. The summed E-state index contributed by atoms with van der Waals surface area (Å²) in [5.74, 6) is 0. The first-order valence-electron chi connectivity index (χ1n) is 11.2. The van der Waals surface area contributed by atoms with Crippen LogP contribution in [-0.4, -0.2) is 9.52 Å². The molecule has 0 aromatic heterocycles. The van der Waals surface area contributed by atoms with E-state index >= 15 is 0 Å². The van der Waals surface area contributed by atoms with Gasteiger partial charge in [0.2, 0.25) is 0 Å². The molecule has 0 fully saturated rings. The zero-order valence-corrected chi connectivity index (χ0v) is 25.1. The summed E-state index contributed by atoms with van der Waals surface area (Å²) in [6.07, 6.45) is 0. The molecule has 0 nitrogen and oxygen atoms in total. The summed E-state index contributed by atoms with van der Waals surface area (Å²) in [5, 5.41) is 0. The molecular formula is C28H34Cl2SiTi. The Labute approximate surface area is 221 Å². The minimum absolute atomic E-state index is 0. The number of alkyl halides is 2. The summed E-state index contributed by atoms with van der Waals surface area (Å²) in [6, 6.07) is 17.4. The first kappa shape index (κ1) is 26.0. The van der Waals surface area contributed by atoms with Gasteiger partial charge in [-0.3, -0.25) is 0 Å². The second-order valence-electron chi connectivity index (χ2n) is 11.4. The van der Waals surface area contributed by atoms with Crippen LogP contribution in [0.2, 0.25) is 0 Å². The van der Waals surface area contributed by atoms with Gasteiger partial charge in [0.25, 0.3) is 0 Å². The monoisotopic (exact) mass is 516 g/mol. The topological polar surface area (TPSA) is 0 Å². The van der Waals surface area contributed by atoms with Crippen LogP contribution in [0.15, 0.2) is 59.7 Å². The number of rotatable bonds is 2. The van der Waals surface area contributed by atoms with Crippen molar-refractivity contribution in [1.29, 1.82) is 0 Å².